The number of thiophene rings is 1. The molecule has 1 fully saturated rings. The lowest BCUT2D eigenvalue weighted by molar-refractivity contribution is 0.104. The zero-order chi connectivity index (χ0) is 25.9. The quantitative estimate of drug-likeness (QED) is 0.251. The molecule has 37 heavy (non-hydrogen) atoms. The largest absolute Gasteiger partial charge is 0.508 e. The highest BCUT2D eigenvalue weighted by Crippen LogP contribution is 2.43. The van der Waals surface area contributed by atoms with E-state index in [4.69, 9.17) is 9.47 Å². The molecule has 3 aromatic carbocycles. The van der Waals surface area contributed by atoms with Crippen molar-refractivity contribution in [3.05, 3.63) is 76.7 Å². The lowest BCUT2D eigenvalue weighted by atomic mass is 10.0. The van der Waals surface area contributed by atoms with E-state index in [-0.39, 0.29) is 29.9 Å². The summed E-state index contributed by atoms with van der Waals surface area (Å²) >= 11 is 1.25. The van der Waals surface area contributed by atoms with Gasteiger partial charge in [0.2, 0.25) is 5.78 Å². The number of phenolic OH excluding ortho intramolecular Hbond substituents is 2. The Morgan fingerprint density at radius 2 is 1.78 bits per heavy atom. The lowest BCUT2D eigenvalue weighted by Gasteiger charge is -2.16. The molecule has 1 saturated heterocycles. The average Bonchev–Trinajstić information content (AvgIpc) is 3.49. The van der Waals surface area contributed by atoms with E-state index >= 15 is 0 Å². The van der Waals surface area contributed by atoms with Gasteiger partial charge in [-0.2, -0.15) is 0 Å². The van der Waals surface area contributed by atoms with Gasteiger partial charge in [-0.1, -0.05) is 0 Å². The molecule has 0 spiro atoms. The van der Waals surface area contributed by atoms with Crippen LogP contribution in [0.5, 0.6) is 28.7 Å². The third-order valence-electron chi connectivity index (χ3n) is 6.60. The number of hydrogen-bond donors (Lipinski definition) is 2. The van der Waals surface area contributed by atoms with E-state index in [2.05, 4.69) is 4.90 Å². The minimum absolute atomic E-state index is 0.0958. The number of carbonyl (C=O) groups excluding carboxylic acids is 1. The molecule has 4 aromatic rings. The van der Waals surface area contributed by atoms with E-state index in [0.29, 0.717) is 39.9 Å². The van der Waals surface area contributed by atoms with Crippen LogP contribution in [-0.4, -0.2) is 53.8 Å². The summed E-state index contributed by atoms with van der Waals surface area (Å²) in [6.07, 6.45) is 0.899. The van der Waals surface area contributed by atoms with Gasteiger partial charge in [0.15, 0.2) is 5.75 Å². The molecule has 2 N–H and O–H groups in total. The van der Waals surface area contributed by atoms with Gasteiger partial charge in [0.1, 0.15) is 34.5 Å². The van der Waals surface area contributed by atoms with Crippen LogP contribution in [0.2, 0.25) is 0 Å². The zero-order valence-corrected chi connectivity index (χ0v) is 21.3. The van der Waals surface area contributed by atoms with Crippen molar-refractivity contribution in [2.75, 3.05) is 32.9 Å². The first-order valence-corrected chi connectivity index (χ1v) is 13.0. The second-order valence-corrected chi connectivity index (χ2v) is 10.4. The molecule has 2 heterocycles. The monoisotopic (exact) mass is 521 g/mol. The van der Waals surface area contributed by atoms with Crippen LogP contribution in [0, 0.1) is 12.8 Å². The fraction of sp³-hybridized carbons (Fsp3) is 0.276. The van der Waals surface area contributed by atoms with Crippen LogP contribution < -0.4 is 9.47 Å². The first kappa shape index (κ1) is 25.0. The molecular formula is C29H28FNO5S. The number of aryl methyl sites for hydroxylation is 1. The fourth-order valence-electron chi connectivity index (χ4n) is 4.59. The number of nitrogens with zero attached hydrogens (tertiary/aromatic N) is 1. The van der Waals surface area contributed by atoms with Crippen molar-refractivity contribution in [1.29, 1.82) is 0 Å². The summed E-state index contributed by atoms with van der Waals surface area (Å²) in [7, 11) is 0. The molecule has 0 amide bonds. The molecule has 1 aromatic heterocycles. The van der Waals surface area contributed by atoms with Crippen LogP contribution in [0.1, 0.15) is 27.2 Å². The number of aromatic hydroxyl groups is 2. The van der Waals surface area contributed by atoms with Gasteiger partial charge in [0.05, 0.1) is 6.67 Å². The molecular weight excluding hydrogens is 493 g/mol. The Balaban J connectivity index is 1.34. The Morgan fingerprint density at radius 3 is 2.51 bits per heavy atom. The number of ether oxygens (including phenoxy) is 2. The predicted molar refractivity (Wildman–Crippen MR) is 142 cm³/mol. The molecule has 0 saturated carbocycles. The molecule has 6 nitrogen and oxygen atoms in total. The van der Waals surface area contributed by atoms with E-state index in [1.165, 1.54) is 17.4 Å². The van der Waals surface area contributed by atoms with Gasteiger partial charge in [-0.3, -0.25) is 14.1 Å². The Morgan fingerprint density at radius 1 is 1.05 bits per heavy atom. The molecule has 0 unspecified atom stereocenters. The number of hydrogen-bond acceptors (Lipinski definition) is 7. The van der Waals surface area contributed by atoms with Crippen LogP contribution >= 0.6 is 11.3 Å². The van der Waals surface area contributed by atoms with E-state index in [9.17, 15) is 19.4 Å². The van der Waals surface area contributed by atoms with Gasteiger partial charge in [0.25, 0.3) is 0 Å². The highest BCUT2D eigenvalue weighted by Gasteiger charge is 2.24. The molecule has 192 valence electrons. The van der Waals surface area contributed by atoms with Crippen LogP contribution in [0.15, 0.2) is 60.7 Å². The predicted octanol–water partition coefficient (Wildman–Crippen LogP) is 6.31. The summed E-state index contributed by atoms with van der Waals surface area (Å²) in [4.78, 5) is 16.1. The minimum Gasteiger partial charge on any atom is -0.508 e. The maximum atomic E-state index is 13.5. The molecule has 5 rings (SSSR count). The fourth-order valence-corrected chi connectivity index (χ4v) is 5.71. The number of alkyl halides is 1. The normalized spacial score (nSPS) is 15.8. The molecule has 1 atom stereocenters. The molecule has 8 heteroatoms. The van der Waals surface area contributed by atoms with Gasteiger partial charge in [0, 0.05) is 34.7 Å². The number of likely N-dealkylation sites (tertiary alicyclic amines) is 1. The van der Waals surface area contributed by atoms with Crippen LogP contribution in [-0.2, 0) is 0 Å². The SMILES string of the molecule is Cc1cc(O)ccc1C(=O)c1sc2cc(O)ccc2c1Oc1ccc(OCCN2CC[C@@H](CF)C2)cc1. The van der Waals surface area contributed by atoms with Crippen LogP contribution in [0.25, 0.3) is 10.1 Å². The average molecular weight is 522 g/mol. The van der Waals surface area contributed by atoms with Crippen LogP contribution in [0.4, 0.5) is 4.39 Å². The summed E-state index contributed by atoms with van der Waals surface area (Å²) in [6.45, 7) is 4.47. The second-order valence-electron chi connectivity index (χ2n) is 9.30. The van der Waals surface area contributed by atoms with Gasteiger partial charge >= 0.3 is 0 Å². The highest BCUT2D eigenvalue weighted by atomic mass is 32.1. The van der Waals surface area contributed by atoms with E-state index in [1.54, 1.807) is 49.4 Å². The lowest BCUT2D eigenvalue weighted by Crippen LogP contribution is -2.26. The van der Waals surface area contributed by atoms with Gasteiger partial charge in [-0.25, -0.2) is 0 Å². The Hall–Kier alpha value is -3.62. The van der Waals surface area contributed by atoms with Crippen molar-refractivity contribution >= 4 is 27.2 Å². The van der Waals surface area contributed by atoms with E-state index in [1.807, 2.05) is 12.1 Å². The Labute approximate surface area is 218 Å². The molecule has 0 radical (unpaired) electrons. The Bertz CT molecular complexity index is 1420. The van der Waals surface area contributed by atoms with Crippen molar-refractivity contribution in [3.63, 3.8) is 0 Å². The van der Waals surface area contributed by atoms with Crippen LogP contribution in [0.3, 0.4) is 0 Å². The minimum atomic E-state index is -0.263. The first-order chi connectivity index (χ1) is 17.9. The number of halogens is 1. The zero-order valence-electron chi connectivity index (χ0n) is 20.4. The summed E-state index contributed by atoms with van der Waals surface area (Å²) in [5.41, 5.74) is 1.13. The Kier molecular flexibility index (Phi) is 7.30. The molecule has 0 bridgehead atoms. The van der Waals surface area contributed by atoms with Crippen molar-refractivity contribution in [1.82, 2.24) is 4.90 Å². The first-order valence-electron chi connectivity index (χ1n) is 12.2. The molecule has 1 aliphatic rings. The third-order valence-corrected chi connectivity index (χ3v) is 7.73. The van der Waals surface area contributed by atoms with Crippen molar-refractivity contribution in [3.8, 4) is 28.7 Å². The summed E-state index contributed by atoms with van der Waals surface area (Å²) in [5.74, 6) is 1.79. The number of phenols is 2. The maximum absolute atomic E-state index is 13.5. The summed E-state index contributed by atoms with van der Waals surface area (Å²) in [5, 5.41) is 20.4. The van der Waals surface area contributed by atoms with Crippen molar-refractivity contribution in [2.24, 2.45) is 5.92 Å². The summed E-state index contributed by atoms with van der Waals surface area (Å²) < 4.78 is 25.6. The molecule has 1 aliphatic heterocycles. The number of benzene rings is 3. The number of fused-ring (bicyclic) bond motifs is 1. The molecule has 0 aliphatic carbocycles. The second kappa shape index (κ2) is 10.8. The van der Waals surface area contributed by atoms with Gasteiger partial charge in [-0.05, 0) is 86.1 Å². The number of carbonyl (C=O) groups is 1. The number of ketones is 1. The van der Waals surface area contributed by atoms with E-state index in [0.717, 1.165) is 36.1 Å². The van der Waals surface area contributed by atoms with E-state index < -0.39 is 0 Å². The van der Waals surface area contributed by atoms with Gasteiger partial charge in [-0.15, -0.1) is 11.3 Å². The maximum Gasteiger partial charge on any atom is 0.207 e. The van der Waals surface area contributed by atoms with Crippen molar-refractivity contribution in [2.45, 2.75) is 13.3 Å². The standard InChI is InChI=1S/C29H28FNO5S/c1-18-14-20(32)2-8-24(18)27(34)29-28(25-9-3-21(33)15-26(25)37-29)36-23-6-4-22(5-7-23)35-13-12-31-11-10-19(16-30)17-31/h2-9,14-15,19,32-33H,10-13,16-17H2,1H3/t19-/m0/s1. The number of rotatable bonds is 9. The topological polar surface area (TPSA) is 79.2 Å². The third kappa shape index (κ3) is 5.55. The smallest absolute Gasteiger partial charge is 0.207 e. The highest BCUT2D eigenvalue weighted by molar-refractivity contribution is 7.21. The van der Waals surface area contributed by atoms with Crippen molar-refractivity contribution < 1.29 is 28.9 Å². The summed E-state index contributed by atoms with van der Waals surface area (Å²) in [6, 6.07) is 16.8. The van der Waals surface area contributed by atoms with Gasteiger partial charge < -0.3 is 19.7 Å².